The molecule has 1 aromatic carbocycles. The highest BCUT2D eigenvalue weighted by Gasteiger charge is 2.46. The zero-order chi connectivity index (χ0) is 18.4. The largest absolute Gasteiger partial charge is 0.392 e. The standard InChI is InChI=1S/C18H27NO5S/c1-3-7-16-15(12-25(21,22)14-8-5-4-6-9-14)18(23-2)17(24-16)10-13(20)11-19/h3-6,8-9,13,15-18,20H,1,7,10-12,19H2,2H3/t13-,15-,16-,17?,18+/m0/s1. The number of sulfone groups is 1. The third-order valence-corrected chi connectivity index (χ3v) is 6.39. The molecule has 140 valence electrons. The molecule has 7 heteroatoms. The van der Waals surface area contributed by atoms with Crippen molar-refractivity contribution >= 4 is 9.84 Å². The van der Waals surface area contributed by atoms with Gasteiger partial charge in [0.1, 0.15) is 0 Å². The number of nitrogens with two attached hydrogens (primary N) is 1. The highest BCUT2D eigenvalue weighted by molar-refractivity contribution is 7.91. The van der Waals surface area contributed by atoms with Crippen LogP contribution in [0.1, 0.15) is 12.8 Å². The van der Waals surface area contributed by atoms with E-state index in [9.17, 15) is 13.5 Å². The fourth-order valence-electron chi connectivity index (χ4n) is 3.34. The van der Waals surface area contributed by atoms with Crippen LogP contribution in [0, 0.1) is 5.92 Å². The van der Waals surface area contributed by atoms with Crippen molar-refractivity contribution in [2.75, 3.05) is 19.4 Å². The molecule has 1 aromatic rings. The van der Waals surface area contributed by atoms with E-state index in [1.807, 2.05) is 0 Å². The predicted octanol–water partition coefficient (Wildman–Crippen LogP) is 1.14. The predicted molar refractivity (Wildman–Crippen MR) is 95.9 cm³/mol. The molecule has 0 amide bonds. The van der Waals surface area contributed by atoms with Crippen LogP contribution in [0.25, 0.3) is 0 Å². The molecule has 3 N–H and O–H groups in total. The first kappa shape index (κ1) is 20.1. The van der Waals surface area contributed by atoms with Gasteiger partial charge in [-0.2, -0.15) is 0 Å². The Morgan fingerprint density at radius 3 is 2.60 bits per heavy atom. The van der Waals surface area contributed by atoms with Crippen molar-refractivity contribution in [1.29, 1.82) is 0 Å². The summed E-state index contributed by atoms with van der Waals surface area (Å²) in [5.74, 6) is -0.424. The lowest BCUT2D eigenvalue weighted by molar-refractivity contribution is -0.0294. The summed E-state index contributed by atoms with van der Waals surface area (Å²) in [6.45, 7) is 3.85. The lowest BCUT2D eigenvalue weighted by Gasteiger charge is -2.23. The van der Waals surface area contributed by atoms with Gasteiger partial charge >= 0.3 is 0 Å². The number of hydrogen-bond acceptors (Lipinski definition) is 6. The Morgan fingerprint density at radius 2 is 2.04 bits per heavy atom. The monoisotopic (exact) mass is 369 g/mol. The van der Waals surface area contributed by atoms with E-state index in [-0.39, 0.29) is 29.2 Å². The lowest BCUT2D eigenvalue weighted by Crippen LogP contribution is -2.37. The molecule has 1 unspecified atom stereocenters. The highest BCUT2D eigenvalue weighted by atomic mass is 32.2. The maximum absolute atomic E-state index is 12.8. The molecule has 1 aliphatic rings. The summed E-state index contributed by atoms with van der Waals surface area (Å²) in [7, 11) is -1.94. The summed E-state index contributed by atoms with van der Waals surface area (Å²) in [6, 6.07) is 8.36. The second-order valence-electron chi connectivity index (χ2n) is 6.32. The van der Waals surface area contributed by atoms with E-state index in [0.29, 0.717) is 12.8 Å². The molecule has 1 saturated heterocycles. The van der Waals surface area contributed by atoms with Crippen molar-refractivity contribution in [1.82, 2.24) is 0 Å². The van der Waals surface area contributed by atoms with Gasteiger partial charge in [-0.05, 0) is 18.6 Å². The van der Waals surface area contributed by atoms with E-state index >= 15 is 0 Å². The quantitative estimate of drug-likeness (QED) is 0.634. The van der Waals surface area contributed by atoms with Crippen LogP contribution in [0.5, 0.6) is 0 Å². The molecule has 25 heavy (non-hydrogen) atoms. The van der Waals surface area contributed by atoms with Crippen molar-refractivity contribution in [2.45, 2.75) is 42.2 Å². The second-order valence-corrected chi connectivity index (χ2v) is 8.36. The molecule has 6 nitrogen and oxygen atoms in total. The average Bonchev–Trinajstić information content (AvgIpc) is 2.91. The van der Waals surface area contributed by atoms with Crippen LogP contribution in [0.2, 0.25) is 0 Å². The number of methoxy groups -OCH3 is 1. The van der Waals surface area contributed by atoms with Gasteiger partial charge in [-0.25, -0.2) is 8.42 Å². The molecular formula is C18H27NO5S. The van der Waals surface area contributed by atoms with Crippen LogP contribution >= 0.6 is 0 Å². The summed E-state index contributed by atoms with van der Waals surface area (Å²) < 4.78 is 37.1. The minimum atomic E-state index is -3.48. The second kappa shape index (κ2) is 8.91. The number of benzene rings is 1. The number of hydrogen-bond donors (Lipinski definition) is 2. The average molecular weight is 369 g/mol. The fraction of sp³-hybridized carbons (Fsp3) is 0.556. The van der Waals surface area contributed by atoms with Crippen LogP contribution in [0.3, 0.4) is 0 Å². The minimum Gasteiger partial charge on any atom is -0.392 e. The zero-order valence-corrected chi connectivity index (χ0v) is 15.3. The van der Waals surface area contributed by atoms with E-state index < -0.39 is 28.1 Å². The molecule has 1 aliphatic heterocycles. The maximum atomic E-state index is 12.8. The molecule has 5 atom stereocenters. The SMILES string of the molecule is C=CC[C@@H]1OC(C[C@H](O)CN)[C@H](OC)[C@H]1CS(=O)(=O)c1ccccc1. The van der Waals surface area contributed by atoms with Crippen LogP contribution < -0.4 is 5.73 Å². The molecule has 0 aliphatic carbocycles. The van der Waals surface area contributed by atoms with Crippen molar-refractivity contribution < 1.29 is 23.0 Å². The van der Waals surface area contributed by atoms with Crippen molar-refractivity contribution in [2.24, 2.45) is 11.7 Å². The van der Waals surface area contributed by atoms with Gasteiger partial charge in [0.2, 0.25) is 0 Å². The summed E-state index contributed by atoms with van der Waals surface area (Å²) in [4.78, 5) is 0.285. The van der Waals surface area contributed by atoms with E-state index in [2.05, 4.69) is 6.58 Å². The van der Waals surface area contributed by atoms with Gasteiger partial charge in [-0.15, -0.1) is 6.58 Å². The topological polar surface area (TPSA) is 98.8 Å². The first-order chi connectivity index (χ1) is 11.9. The molecule has 2 rings (SSSR count). The molecular weight excluding hydrogens is 342 g/mol. The summed E-state index contributed by atoms with van der Waals surface area (Å²) in [5.41, 5.74) is 5.48. The van der Waals surface area contributed by atoms with E-state index in [0.717, 1.165) is 0 Å². The smallest absolute Gasteiger partial charge is 0.178 e. The Hall–Kier alpha value is -1.25. The number of ether oxygens (including phenoxy) is 2. The van der Waals surface area contributed by atoms with E-state index in [1.54, 1.807) is 36.4 Å². The minimum absolute atomic E-state index is 0.0801. The maximum Gasteiger partial charge on any atom is 0.178 e. The van der Waals surface area contributed by atoms with Gasteiger partial charge in [0, 0.05) is 26.0 Å². The summed E-state index contributed by atoms with van der Waals surface area (Å²) in [6.07, 6.45) is 0.678. The number of aliphatic hydroxyl groups excluding tert-OH is 1. The van der Waals surface area contributed by atoms with Crippen LogP contribution in [-0.2, 0) is 19.3 Å². The highest BCUT2D eigenvalue weighted by Crippen LogP contribution is 2.35. The molecule has 0 aromatic heterocycles. The van der Waals surface area contributed by atoms with Gasteiger partial charge in [0.25, 0.3) is 0 Å². The lowest BCUT2D eigenvalue weighted by atomic mass is 9.94. The number of aliphatic hydroxyl groups is 1. The Balaban J connectivity index is 2.23. The van der Waals surface area contributed by atoms with Crippen molar-refractivity contribution in [3.8, 4) is 0 Å². The van der Waals surface area contributed by atoms with E-state index in [4.69, 9.17) is 15.2 Å². The third kappa shape index (κ3) is 4.89. The Kier molecular flexibility index (Phi) is 7.15. The summed E-state index contributed by atoms with van der Waals surface area (Å²) >= 11 is 0. The number of rotatable bonds is 9. The van der Waals surface area contributed by atoms with Gasteiger partial charge < -0.3 is 20.3 Å². The van der Waals surface area contributed by atoms with Gasteiger partial charge in [-0.3, -0.25) is 0 Å². The van der Waals surface area contributed by atoms with E-state index in [1.165, 1.54) is 7.11 Å². The summed E-state index contributed by atoms with van der Waals surface area (Å²) in [5, 5.41) is 9.85. The first-order valence-corrected chi connectivity index (χ1v) is 10.0. The van der Waals surface area contributed by atoms with Gasteiger partial charge in [0.15, 0.2) is 9.84 Å². The van der Waals surface area contributed by atoms with Crippen LogP contribution in [-0.4, -0.2) is 57.3 Å². The van der Waals surface area contributed by atoms with Gasteiger partial charge in [0.05, 0.1) is 35.1 Å². The van der Waals surface area contributed by atoms with Gasteiger partial charge in [-0.1, -0.05) is 24.3 Å². The first-order valence-electron chi connectivity index (χ1n) is 8.38. The zero-order valence-electron chi connectivity index (χ0n) is 14.5. The third-order valence-electron chi connectivity index (χ3n) is 4.58. The molecule has 1 heterocycles. The van der Waals surface area contributed by atoms with Crippen molar-refractivity contribution in [3.05, 3.63) is 43.0 Å². The van der Waals surface area contributed by atoms with Crippen LogP contribution in [0.4, 0.5) is 0 Å². The molecule has 1 fully saturated rings. The Labute approximate surface area is 149 Å². The Morgan fingerprint density at radius 1 is 1.36 bits per heavy atom. The molecule has 0 bridgehead atoms. The molecule has 0 saturated carbocycles. The van der Waals surface area contributed by atoms with Crippen LogP contribution in [0.15, 0.2) is 47.9 Å². The molecule has 0 radical (unpaired) electrons. The normalized spacial score (nSPS) is 28.0. The Bertz CT molecular complexity index is 649. The molecule has 0 spiro atoms. The fourth-order valence-corrected chi connectivity index (χ4v) is 5.02. The van der Waals surface area contributed by atoms with Crippen molar-refractivity contribution in [3.63, 3.8) is 0 Å².